The lowest BCUT2D eigenvalue weighted by Crippen LogP contribution is -2.28. The number of hydrogen-bond donors (Lipinski definition) is 1. The summed E-state index contributed by atoms with van der Waals surface area (Å²) in [5.74, 6) is 0.451. The molecule has 2 atom stereocenters. The first-order chi connectivity index (χ1) is 5.77. The Hall–Kier alpha value is -0.570. The van der Waals surface area contributed by atoms with Crippen molar-refractivity contribution in [2.45, 2.75) is 18.9 Å². The molecule has 0 spiro atoms. The summed E-state index contributed by atoms with van der Waals surface area (Å²) in [7, 11) is 0. The van der Waals surface area contributed by atoms with Crippen molar-refractivity contribution in [3.63, 3.8) is 0 Å². The second kappa shape index (κ2) is 2.02. The van der Waals surface area contributed by atoms with Crippen LogP contribution in [0.5, 0.6) is 0 Å². The third kappa shape index (κ3) is 0.829. The minimum atomic E-state index is -0.569. The van der Waals surface area contributed by atoms with Crippen LogP contribution in [0.25, 0.3) is 0 Å². The summed E-state index contributed by atoms with van der Waals surface area (Å²) in [6.45, 7) is 2.12. The number of fused-ring (bicyclic) bond motifs is 1. The predicted octanol–water partition coefficient (Wildman–Crippen LogP) is 0.411. The molecule has 2 unspecified atom stereocenters. The summed E-state index contributed by atoms with van der Waals surface area (Å²) in [6, 6.07) is 0.826. The number of carboxylic acid groups (broad SMARTS) is 1. The fourth-order valence-electron chi connectivity index (χ4n) is 2.66. The van der Waals surface area contributed by atoms with Crippen LogP contribution >= 0.6 is 0 Å². The van der Waals surface area contributed by atoms with Gasteiger partial charge in [0.2, 0.25) is 0 Å². The third-order valence-corrected chi connectivity index (χ3v) is 3.57. The molecule has 3 fully saturated rings. The van der Waals surface area contributed by atoms with Crippen LogP contribution in [0.2, 0.25) is 0 Å². The number of aliphatic carboxylic acids is 1. The van der Waals surface area contributed by atoms with E-state index in [1.165, 1.54) is 12.8 Å². The number of rotatable bonds is 2. The van der Waals surface area contributed by atoms with Crippen molar-refractivity contribution in [2.75, 3.05) is 13.1 Å². The average Bonchev–Trinajstić information content (AvgIpc) is 2.90. The van der Waals surface area contributed by atoms with E-state index in [1.54, 1.807) is 0 Å². The van der Waals surface area contributed by atoms with E-state index in [-0.39, 0.29) is 5.92 Å². The van der Waals surface area contributed by atoms with Crippen LogP contribution < -0.4 is 0 Å². The van der Waals surface area contributed by atoms with Crippen molar-refractivity contribution in [1.29, 1.82) is 0 Å². The number of likely N-dealkylation sites (tertiary alicyclic amines) is 1. The van der Waals surface area contributed by atoms with Crippen LogP contribution in [0.3, 0.4) is 0 Å². The molecule has 1 saturated heterocycles. The Morgan fingerprint density at radius 3 is 2.25 bits per heavy atom. The van der Waals surface area contributed by atoms with Crippen molar-refractivity contribution in [2.24, 2.45) is 17.8 Å². The molecule has 3 rings (SSSR count). The van der Waals surface area contributed by atoms with Gasteiger partial charge in [0.15, 0.2) is 0 Å². The van der Waals surface area contributed by atoms with Gasteiger partial charge in [0.1, 0.15) is 0 Å². The summed E-state index contributed by atoms with van der Waals surface area (Å²) in [5.41, 5.74) is 0. The normalized spacial score (nSPS) is 45.8. The summed E-state index contributed by atoms with van der Waals surface area (Å²) in [6.07, 6.45) is 2.69. The van der Waals surface area contributed by atoms with Crippen LogP contribution in [0.4, 0.5) is 0 Å². The number of carboxylic acids is 1. The fraction of sp³-hybridized carbons (Fsp3) is 0.889. The molecule has 12 heavy (non-hydrogen) atoms. The van der Waals surface area contributed by atoms with Crippen molar-refractivity contribution in [3.8, 4) is 0 Å². The van der Waals surface area contributed by atoms with E-state index in [1.807, 2.05) is 0 Å². The monoisotopic (exact) mass is 167 g/mol. The van der Waals surface area contributed by atoms with Gasteiger partial charge in [-0.25, -0.2) is 0 Å². The molecule has 3 heteroatoms. The lowest BCUT2D eigenvalue weighted by molar-refractivity contribution is -0.139. The Labute approximate surface area is 71.4 Å². The summed E-state index contributed by atoms with van der Waals surface area (Å²) in [5, 5.41) is 8.78. The van der Waals surface area contributed by atoms with E-state index in [9.17, 15) is 4.79 Å². The lowest BCUT2D eigenvalue weighted by atomic mass is 10.2. The zero-order valence-electron chi connectivity index (χ0n) is 6.94. The number of piperidine rings is 1. The summed E-state index contributed by atoms with van der Waals surface area (Å²) in [4.78, 5) is 13.1. The highest BCUT2D eigenvalue weighted by molar-refractivity contribution is 5.74. The van der Waals surface area contributed by atoms with Gasteiger partial charge in [-0.1, -0.05) is 0 Å². The van der Waals surface area contributed by atoms with Gasteiger partial charge in [-0.15, -0.1) is 0 Å². The molecule has 3 aliphatic rings. The van der Waals surface area contributed by atoms with Crippen LogP contribution in [-0.4, -0.2) is 35.1 Å². The van der Waals surface area contributed by atoms with Gasteiger partial charge in [0.05, 0.1) is 5.92 Å². The quantitative estimate of drug-likeness (QED) is 0.647. The highest BCUT2D eigenvalue weighted by Gasteiger charge is 2.60. The molecule has 0 aromatic carbocycles. The van der Waals surface area contributed by atoms with Crippen LogP contribution in [0, 0.1) is 17.8 Å². The van der Waals surface area contributed by atoms with Gasteiger partial charge in [0, 0.05) is 19.1 Å². The molecule has 3 nitrogen and oxygen atoms in total. The molecule has 0 aromatic heterocycles. The highest BCUT2D eigenvalue weighted by atomic mass is 16.4. The van der Waals surface area contributed by atoms with Crippen LogP contribution in [0.15, 0.2) is 0 Å². The molecule has 0 amide bonds. The molecular formula is C9H13NO2. The molecular weight excluding hydrogens is 154 g/mol. The second-order valence-electron chi connectivity index (χ2n) is 4.38. The Bertz CT molecular complexity index is 225. The van der Waals surface area contributed by atoms with Gasteiger partial charge in [-0.3, -0.25) is 9.69 Å². The molecule has 0 bridgehead atoms. The zero-order chi connectivity index (χ0) is 8.29. The van der Waals surface area contributed by atoms with E-state index >= 15 is 0 Å². The van der Waals surface area contributed by atoms with Crippen molar-refractivity contribution >= 4 is 5.97 Å². The molecule has 2 aliphatic carbocycles. The zero-order valence-corrected chi connectivity index (χ0v) is 6.94. The maximum Gasteiger partial charge on any atom is 0.307 e. The summed E-state index contributed by atoms with van der Waals surface area (Å²) >= 11 is 0. The lowest BCUT2D eigenvalue weighted by Gasteiger charge is -2.16. The predicted molar refractivity (Wildman–Crippen MR) is 42.7 cm³/mol. The first-order valence-corrected chi connectivity index (χ1v) is 4.74. The number of nitrogens with zero attached hydrogens (tertiary/aromatic N) is 1. The first kappa shape index (κ1) is 6.89. The van der Waals surface area contributed by atoms with Crippen molar-refractivity contribution in [3.05, 3.63) is 0 Å². The minimum Gasteiger partial charge on any atom is -0.481 e. The van der Waals surface area contributed by atoms with Crippen LogP contribution in [-0.2, 0) is 4.79 Å². The number of hydrogen-bond acceptors (Lipinski definition) is 2. The Morgan fingerprint density at radius 2 is 1.83 bits per heavy atom. The topological polar surface area (TPSA) is 40.5 Å². The molecule has 0 aromatic rings. The Morgan fingerprint density at radius 1 is 1.25 bits per heavy atom. The van der Waals surface area contributed by atoms with Gasteiger partial charge >= 0.3 is 5.97 Å². The van der Waals surface area contributed by atoms with Crippen LogP contribution in [0.1, 0.15) is 12.8 Å². The summed E-state index contributed by atoms with van der Waals surface area (Å²) < 4.78 is 0. The molecule has 2 saturated carbocycles. The second-order valence-corrected chi connectivity index (χ2v) is 4.38. The molecule has 1 aliphatic heterocycles. The minimum absolute atomic E-state index is 0.0139. The van der Waals surface area contributed by atoms with Gasteiger partial charge in [-0.05, 0) is 24.7 Å². The maximum absolute atomic E-state index is 10.6. The molecule has 66 valence electrons. The van der Waals surface area contributed by atoms with Gasteiger partial charge in [0.25, 0.3) is 0 Å². The van der Waals surface area contributed by atoms with Gasteiger partial charge < -0.3 is 5.11 Å². The van der Waals surface area contributed by atoms with E-state index in [4.69, 9.17) is 5.11 Å². The molecule has 1 N–H and O–H groups in total. The fourth-order valence-corrected chi connectivity index (χ4v) is 2.66. The Balaban J connectivity index is 1.62. The largest absolute Gasteiger partial charge is 0.481 e. The van der Waals surface area contributed by atoms with E-state index < -0.39 is 5.97 Å². The Kier molecular flexibility index (Phi) is 1.16. The van der Waals surface area contributed by atoms with E-state index in [2.05, 4.69) is 4.90 Å². The van der Waals surface area contributed by atoms with E-state index in [0.717, 1.165) is 19.1 Å². The van der Waals surface area contributed by atoms with E-state index in [0.29, 0.717) is 11.8 Å². The third-order valence-electron chi connectivity index (χ3n) is 3.57. The average molecular weight is 167 g/mol. The highest BCUT2D eigenvalue weighted by Crippen LogP contribution is 2.53. The van der Waals surface area contributed by atoms with Gasteiger partial charge in [-0.2, -0.15) is 0 Å². The number of carbonyl (C=O) groups is 1. The standard InChI is InChI=1S/C9H13NO2/c11-9(12)8-6-3-10(4-7(6)8)5-1-2-5/h5-8H,1-4H2,(H,11,12). The SMILES string of the molecule is O=C(O)C1C2CN(C3CC3)CC21. The van der Waals surface area contributed by atoms with Crippen molar-refractivity contribution < 1.29 is 9.90 Å². The first-order valence-electron chi connectivity index (χ1n) is 4.74. The molecule has 1 heterocycles. The smallest absolute Gasteiger partial charge is 0.307 e. The maximum atomic E-state index is 10.6. The van der Waals surface area contributed by atoms with Crippen molar-refractivity contribution in [1.82, 2.24) is 4.90 Å². The molecule has 0 radical (unpaired) electrons.